The van der Waals surface area contributed by atoms with E-state index in [4.69, 9.17) is 0 Å². The highest BCUT2D eigenvalue weighted by Gasteiger charge is 2.52. The normalized spacial score (nSPS) is 36.7. The Morgan fingerprint density at radius 3 is 2.38 bits per heavy atom. The largest absolute Gasteiger partial charge is 0.388 e. The molecule has 1 saturated heterocycles. The van der Waals surface area contributed by atoms with Crippen molar-refractivity contribution in [1.29, 1.82) is 0 Å². The zero-order valence-corrected chi connectivity index (χ0v) is 8.77. The molecule has 0 amide bonds. The van der Waals surface area contributed by atoms with Crippen LogP contribution in [0.4, 0.5) is 0 Å². The van der Waals surface area contributed by atoms with Crippen molar-refractivity contribution in [2.24, 2.45) is 5.41 Å². The van der Waals surface area contributed by atoms with E-state index in [0.29, 0.717) is 11.5 Å². The second-order valence-electron chi connectivity index (χ2n) is 5.62. The lowest BCUT2D eigenvalue weighted by molar-refractivity contribution is -0.139. The Labute approximate surface area is 80.7 Å². The summed E-state index contributed by atoms with van der Waals surface area (Å²) in [5, 5.41) is 13.8. The molecule has 1 saturated carbocycles. The van der Waals surface area contributed by atoms with Gasteiger partial charge in [0.25, 0.3) is 0 Å². The van der Waals surface area contributed by atoms with Gasteiger partial charge in [0.2, 0.25) is 0 Å². The maximum Gasteiger partial charge on any atom is 0.0810 e. The highest BCUT2D eigenvalue weighted by molar-refractivity contribution is 5.06. The predicted molar refractivity (Wildman–Crippen MR) is 53.6 cm³/mol. The Morgan fingerprint density at radius 2 is 1.92 bits per heavy atom. The Bertz CT molecular complexity index is 186. The molecular weight excluding hydrogens is 162 g/mol. The van der Waals surface area contributed by atoms with Crippen molar-refractivity contribution >= 4 is 0 Å². The fourth-order valence-electron chi connectivity index (χ4n) is 3.16. The summed E-state index contributed by atoms with van der Waals surface area (Å²) in [5.74, 6) is 0. The van der Waals surface area contributed by atoms with E-state index in [1.54, 1.807) is 0 Å². The van der Waals surface area contributed by atoms with Crippen LogP contribution in [0.5, 0.6) is 0 Å². The molecule has 0 aromatic heterocycles. The number of piperidine rings is 1. The third-order valence-corrected chi connectivity index (χ3v) is 3.53. The fourth-order valence-corrected chi connectivity index (χ4v) is 3.16. The van der Waals surface area contributed by atoms with E-state index in [9.17, 15) is 5.11 Å². The van der Waals surface area contributed by atoms with Gasteiger partial charge in [0.15, 0.2) is 0 Å². The molecule has 0 radical (unpaired) electrons. The van der Waals surface area contributed by atoms with Crippen molar-refractivity contribution in [1.82, 2.24) is 5.32 Å². The minimum Gasteiger partial charge on any atom is -0.388 e. The molecule has 2 aliphatic rings. The van der Waals surface area contributed by atoms with Crippen molar-refractivity contribution in [3.05, 3.63) is 0 Å². The molecule has 2 heteroatoms. The fraction of sp³-hybridized carbons (Fsp3) is 1.00. The number of rotatable bonds is 1. The quantitative estimate of drug-likeness (QED) is 0.648. The molecule has 76 valence electrons. The summed E-state index contributed by atoms with van der Waals surface area (Å²) < 4.78 is 0. The van der Waals surface area contributed by atoms with Crippen molar-refractivity contribution in [3.8, 4) is 0 Å². The van der Waals surface area contributed by atoms with Crippen molar-refractivity contribution < 1.29 is 5.11 Å². The Kier molecular flexibility index (Phi) is 2.16. The first-order chi connectivity index (χ1) is 6.02. The van der Waals surface area contributed by atoms with Crippen LogP contribution >= 0.6 is 0 Å². The van der Waals surface area contributed by atoms with Crippen LogP contribution in [0.2, 0.25) is 0 Å². The number of aliphatic hydroxyl groups is 1. The molecule has 1 unspecified atom stereocenters. The van der Waals surface area contributed by atoms with E-state index in [2.05, 4.69) is 19.2 Å². The molecule has 2 nitrogen and oxygen atoms in total. The van der Waals surface area contributed by atoms with Crippen LogP contribution in [0.3, 0.4) is 0 Å². The van der Waals surface area contributed by atoms with Crippen LogP contribution in [0.1, 0.15) is 46.0 Å². The van der Waals surface area contributed by atoms with Crippen LogP contribution < -0.4 is 5.32 Å². The Balaban J connectivity index is 1.93. The number of nitrogens with one attached hydrogen (secondary N) is 1. The zero-order chi connectivity index (χ0) is 9.53. The average molecular weight is 183 g/mol. The third-order valence-electron chi connectivity index (χ3n) is 3.53. The zero-order valence-electron chi connectivity index (χ0n) is 8.77. The highest BCUT2D eigenvalue weighted by Crippen LogP contribution is 2.50. The lowest BCUT2D eigenvalue weighted by Crippen LogP contribution is -2.62. The van der Waals surface area contributed by atoms with Gasteiger partial charge in [-0.2, -0.15) is 0 Å². The molecule has 1 aliphatic heterocycles. The van der Waals surface area contributed by atoms with Crippen molar-refractivity contribution in [3.63, 3.8) is 0 Å². The minimum atomic E-state index is -0.385. The Morgan fingerprint density at radius 1 is 1.23 bits per heavy atom. The first-order valence-electron chi connectivity index (χ1n) is 5.48. The standard InChI is InChI=1S/C11H21NO/c1-10(2)7-11(13,8-10)9-5-3-4-6-12-9/h9,12-13H,3-8H2,1-2H3. The molecule has 0 bridgehead atoms. The second-order valence-corrected chi connectivity index (χ2v) is 5.62. The molecule has 1 atom stereocenters. The lowest BCUT2D eigenvalue weighted by Gasteiger charge is -2.54. The second kappa shape index (κ2) is 2.96. The summed E-state index contributed by atoms with van der Waals surface area (Å²) >= 11 is 0. The van der Waals surface area contributed by atoms with Gasteiger partial charge in [0.1, 0.15) is 0 Å². The molecule has 2 N–H and O–H groups in total. The van der Waals surface area contributed by atoms with Crippen LogP contribution in [-0.4, -0.2) is 23.3 Å². The molecule has 0 aromatic carbocycles. The molecule has 0 aromatic rings. The number of hydrogen-bond acceptors (Lipinski definition) is 2. The molecule has 2 rings (SSSR count). The van der Waals surface area contributed by atoms with Gasteiger partial charge in [-0.15, -0.1) is 0 Å². The monoisotopic (exact) mass is 183 g/mol. The van der Waals surface area contributed by atoms with E-state index < -0.39 is 0 Å². The van der Waals surface area contributed by atoms with Crippen molar-refractivity contribution in [2.45, 2.75) is 57.6 Å². The van der Waals surface area contributed by atoms with E-state index in [0.717, 1.165) is 25.8 Å². The molecule has 0 spiro atoms. The average Bonchev–Trinajstić information content (AvgIpc) is 2.02. The van der Waals surface area contributed by atoms with E-state index >= 15 is 0 Å². The van der Waals surface area contributed by atoms with Gasteiger partial charge in [-0.25, -0.2) is 0 Å². The van der Waals surface area contributed by atoms with Crippen LogP contribution in [-0.2, 0) is 0 Å². The number of hydrogen-bond donors (Lipinski definition) is 2. The molecule has 13 heavy (non-hydrogen) atoms. The van der Waals surface area contributed by atoms with Crippen LogP contribution in [0.25, 0.3) is 0 Å². The smallest absolute Gasteiger partial charge is 0.0810 e. The van der Waals surface area contributed by atoms with Gasteiger partial charge in [0, 0.05) is 6.04 Å². The van der Waals surface area contributed by atoms with Crippen LogP contribution in [0, 0.1) is 5.41 Å². The highest BCUT2D eigenvalue weighted by atomic mass is 16.3. The van der Waals surface area contributed by atoms with Crippen molar-refractivity contribution in [2.75, 3.05) is 6.54 Å². The van der Waals surface area contributed by atoms with E-state index in [-0.39, 0.29) is 5.60 Å². The first kappa shape index (κ1) is 9.47. The van der Waals surface area contributed by atoms with Gasteiger partial charge in [-0.1, -0.05) is 20.3 Å². The minimum absolute atomic E-state index is 0.369. The summed E-state index contributed by atoms with van der Waals surface area (Å²) in [5.41, 5.74) is -0.0161. The summed E-state index contributed by atoms with van der Waals surface area (Å²) in [7, 11) is 0. The maximum atomic E-state index is 10.3. The van der Waals surface area contributed by atoms with E-state index in [1.807, 2.05) is 0 Å². The van der Waals surface area contributed by atoms with Gasteiger partial charge in [-0.05, 0) is 37.6 Å². The molecule has 1 heterocycles. The van der Waals surface area contributed by atoms with Gasteiger partial charge >= 0.3 is 0 Å². The molecule has 1 aliphatic carbocycles. The summed E-state index contributed by atoms with van der Waals surface area (Å²) in [4.78, 5) is 0. The van der Waals surface area contributed by atoms with Gasteiger partial charge in [0.05, 0.1) is 5.60 Å². The summed E-state index contributed by atoms with van der Waals surface area (Å²) in [6, 6.07) is 0.370. The summed E-state index contributed by atoms with van der Waals surface area (Å²) in [6.45, 7) is 5.57. The van der Waals surface area contributed by atoms with Gasteiger partial charge in [-0.3, -0.25) is 0 Å². The predicted octanol–water partition coefficient (Wildman–Crippen LogP) is 1.68. The topological polar surface area (TPSA) is 32.3 Å². The molecular formula is C11H21NO. The first-order valence-corrected chi connectivity index (χ1v) is 5.48. The lowest BCUT2D eigenvalue weighted by atomic mass is 9.58. The van der Waals surface area contributed by atoms with Gasteiger partial charge < -0.3 is 10.4 Å². The Hall–Kier alpha value is -0.0800. The van der Waals surface area contributed by atoms with Crippen LogP contribution in [0.15, 0.2) is 0 Å². The summed E-state index contributed by atoms with van der Waals surface area (Å²) in [6.07, 6.45) is 5.65. The molecule has 2 fully saturated rings. The SMILES string of the molecule is CC1(C)CC(O)(C2CCCCN2)C1. The van der Waals surface area contributed by atoms with E-state index in [1.165, 1.54) is 12.8 Å². The third kappa shape index (κ3) is 1.75. The maximum absolute atomic E-state index is 10.3.